The number of aliphatic carboxylic acids is 1. The number of nitriles is 1. The molecule has 2 aromatic carbocycles. The van der Waals surface area contributed by atoms with E-state index < -0.39 is 18.5 Å². The molecule has 0 fully saturated rings. The van der Waals surface area contributed by atoms with Gasteiger partial charge < -0.3 is 15.2 Å². The molecule has 2 aromatic rings. The van der Waals surface area contributed by atoms with Crippen LogP contribution in [0.5, 0.6) is 5.75 Å². The monoisotopic (exact) mass is 390 g/mol. The van der Waals surface area contributed by atoms with Crippen LogP contribution in [0.4, 0.5) is 5.69 Å². The summed E-state index contributed by atoms with van der Waals surface area (Å²) in [7, 11) is 0. The fraction of sp³-hybridized carbons (Fsp3) is 0.0556. The SMILES string of the molecule is N#C/C(=C\c1ccc(OCC(=O)O)cc1)C(=O)Nc1cc(Cl)ccc1Cl. The van der Waals surface area contributed by atoms with Gasteiger partial charge in [0.1, 0.15) is 17.4 Å². The molecule has 0 aliphatic rings. The summed E-state index contributed by atoms with van der Waals surface area (Å²) in [6.07, 6.45) is 1.38. The number of ether oxygens (including phenoxy) is 1. The lowest BCUT2D eigenvalue weighted by Crippen LogP contribution is -2.13. The van der Waals surface area contributed by atoms with Gasteiger partial charge in [0.15, 0.2) is 6.61 Å². The Morgan fingerprint density at radius 1 is 1.19 bits per heavy atom. The zero-order chi connectivity index (χ0) is 19.1. The van der Waals surface area contributed by atoms with Crippen LogP contribution in [-0.2, 0) is 9.59 Å². The number of carboxylic acids is 1. The van der Waals surface area contributed by atoms with Crippen molar-refractivity contribution in [2.45, 2.75) is 0 Å². The maximum Gasteiger partial charge on any atom is 0.341 e. The molecule has 0 atom stereocenters. The summed E-state index contributed by atoms with van der Waals surface area (Å²) < 4.78 is 5.01. The summed E-state index contributed by atoms with van der Waals surface area (Å²) in [5.41, 5.74) is 0.722. The normalized spacial score (nSPS) is 10.7. The molecule has 0 unspecified atom stereocenters. The second-order valence-electron chi connectivity index (χ2n) is 5.00. The van der Waals surface area contributed by atoms with Crippen LogP contribution in [0.1, 0.15) is 5.56 Å². The average Bonchev–Trinajstić information content (AvgIpc) is 2.61. The summed E-state index contributed by atoms with van der Waals surface area (Å²) in [5.74, 6) is -1.36. The second kappa shape index (κ2) is 8.90. The lowest BCUT2D eigenvalue weighted by atomic mass is 10.1. The van der Waals surface area contributed by atoms with E-state index in [1.807, 2.05) is 6.07 Å². The Kier molecular flexibility index (Phi) is 6.61. The average molecular weight is 391 g/mol. The van der Waals surface area contributed by atoms with Crippen LogP contribution >= 0.6 is 23.2 Å². The topological polar surface area (TPSA) is 99.4 Å². The van der Waals surface area contributed by atoms with Gasteiger partial charge in [0.25, 0.3) is 5.91 Å². The van der Waals surface area contributed by atoms with Gasteiger partial charge in [-0.15, -0.1) is 0 Å². The number of anilines is 1. The van der Waals surface area contributed by atoms with Crippen LogP contribution in [0.3, 0.4) is 0 Å². The van der Waals surface area contributed by atoms with E-state index in [4.69, 9.17) is 33.0 Å². The van der Waals surface area contributed by atoms with E-state index in [9.17, 15) is 14.9 Å². The van der Waals surface area contributed by atoms with Gasteiger partial charge in [-0.25, -0.2) is 4.79 Å². The number of hydrogen-bond donors (Lipinski definition) is 2. The number of carbonyl (C=O) groups excluding carboxylic acids is 1. The highest BCUT2D eigenvalue weighted by atomic mass is 35.5. The molecule has 0 bridgehead atoms. The molecule has 2 N–H and O–H groups in total. The first-order chi connectivity index (χ1) is 12.4. The summed E-state index contributed by atoms with van der Waals surface area (Å²) in [5, 5.41) is 21.0. The third-order valence-corrected chi connectivity index (χ3v) is 3.66. The zero-order valence-electron chi connectivity index (χ0n) is 13.2. The number of carboxylic acid groups (broad SMARTS) is 1. The Bertz CT molecular complexity index is 902. The van der Waals surface area contributed by atoms with Gasteiger partial charge in [-0.05, 0) is 42.0 Å². The Morgan fingerprint density at radius 2 is 1.88 bits per heavy atom. The van der Waals surface area contributed by atoms with Crippen LogP contribution in [0.25, 0.3) is 6.08 Å². The Hall–Kier alpha value is -3.01. The number of nitrogens with zero attached hydrogens (tertiary/aromatic N) is 1. The number of nitrogens with one attached hydrogen (secondary N) is 1. The molecule has 6 nitrogen and oxygen atoms in total. The minimum Gasteiger partial charge on any atom is -0.482 e. The van der Waals surface area contributed by atoms with Gasteiger partial charge in [0.2, 0.25) is 0 Å². The number of rotatable bonds is 6. The summed E-state index contributed by atoms with van der Waals surface area (Å²) in [6, 6.07) is 12.7. The maximum absolute atomic E-state index is 12.3. The molecule has 1 amide bonds. The molecule has 0 aliphatic heterocycles. The third-order valence-electron chi connectivity index (χ3n) is 3.10. The molecule has 8 heteroatoms. The van der Waals surface area contributed by atoms with E-state index >= 15 is 0 Å². The van der Waals surface area contributed by atoms with E-state index in [-0.39, 0.29) is 5.57 Å². The molecule has 0 radical (unpaired) electrons. The largest absolute Gasteiger partial charge is 0.482 e. The van der Waals surface area contributed by atoms with Crippen LogP contribution in [0.15, 0.2) is 48.0 Å². The summed E-state index contributed by atoms with van der Waals surface area (Å²) in [6.45, 7) is -0.457. The molecule has 2 rings (SSSR count). The highest BCUT2D eigenvalue weighted by Gasteiger charge is 2.12. The minimum atomic E-state index is -1.09. The van der Waals surface area contributed by atoms with Gasteiger partial charge in [-0.3, -0.25) is 4.79 Å². The fourth-order valence-corrected chi connectivity index (χ4v) is 2.24. The number of halogens is 2. The maximum atomic E-state index is 12.3. The zero-order valence-corrected chi connectivity index (χ0v) is 14.7. The highest BCUT2D eigenvalue weighted by Crippen LogP contribution is 2.26. The standard InChI is InChI=1S/C18H12Cl2N2O4/c19-13-3-6-15(20)16(8-13)22-18(25)12(9-21)7-11-1-4-14(5-2-11)26-10-17(23)24/h1-8H,10H2,(H,22,25)(H,23,24)/b12-7+. The van der Waals surface area contributed by atoms with Crippen molar-refractivity contribution in [2.24, 2.45) is 0 Å². The van der Waals surface area contributed by atoms with Crippen molar-refractivity contribution in [3.63, 3.8) is 0 Å². The van der Waals surface area contributed by atoms with E-state index in [0.717, 1.165) is 0 Å². The molecule has 0 heterocycles. The van der Waals surface area contributed by atoms with Crippen molar-refractivity contribution < 1.29 is 19.4 Å². The van der Waals surface area contributed by atoms with Gasteiger partial charge in [0, 0.05) is 5.02 Å². The first-order valence-electron chi connectivity index (χ1n) is 7.22. The van der Waals surface area contributed by atoms with Crippen molar-refractivity contribution in [1.29, 1.82) is 5.26 Å². The number of amides is 1. The molecule has 26 heavy (non-hydrogen) atoms. The van der Waals surface area contributed by atoms with Crippen molar-refractivity contribution in [3.05, 3.63) is 63.6 Å². The first-order valence-corrected chi connectivity index (χ1v) is 7.97. The molecule has 0 aromatic heterocycles. The van der Waals surface area contributed by atoms with Gasteiger partial charge in [0.05, 0.1) is 10.7 Å². The van der Waals surface area contributed by atoms with Crippen LogP contribution in [0, 0.1) is 11.3 Å². The Morgan fingerprint density at radius 3 is 2.50 bits per heavy atom. The Labute approximate surface area is 159 Å². The van der Waals surface area contributed by atoms with Crippen LogP contribution in [0.2, 0.25) is 10.0 Å². The van der Waals surface area contributed by atoms with E-state index in [1.54, 1.807) is 18.2 Å². The fourth-order valence-electron chi connectivity index (χ4n) is 1.90. The van der Waals surface area contributed by atoms with Gasteiger partial charge >= 0.3 is 5.97 Å². The molecular weight excluding hydrogens is 379 g/mol. The number of benzene rings is 2. The van der Waals surface area contributed by atoms with Crippen LogP contribution in [-0.4, -0.2) is 23.6 Å². The molecule has 132 valence electrons. The molecular formula is C18H12Cl2N2O4. The van der Waals surface area contributed by atoms with E-state index in [2.05, 4.69) is 5.32 Å². The van der Waals surface area contributed by atoms with Crippen molar-refractivity contribution in [2.75, 3.05) is 11.9 Å². The molecule has 0 aliphatic carbocycles. The molecule has 0 saturated carbocycles. The van der Waals surface area contributed by atoms with Crippen molar-refractivity contribution in [1.82, 2.24) is 0 Å². The number of hydrogen-bond acceptors (Lipinski definition) is 4. The molecule has 0 saturated heterocycles. The predicted octanol–water partition coefficient (Wildman–Crippen LogP) is 4.00. The van der Waals surface area contributed by atoms with E-state index in [0.29, 0.717) is 27.0 Å². The van der Waals surface area contributed by atoms with Crippen LogP contribution < -0.4 is 10.1 Å². The first kappa shape index (κ1) is 19.3. The predicted molar refractivity (Wildman–Crippen MR) is 98.3 cm³/mol. The minimum absolute atomic E-state index is 0.139. The third kappa shape index (κ3) is 5.52. The van der Waals surface area contributed by atoms with Crippen molar-refractivity contribution >= 4 is 46.8 Å². The smallest absolute Gasteiger partial charge is 0.341 e. The lowest BCUT2D eigenvalue weighted by molar-refractivity contribution is -0.139. The number of carbonyl (C=O) groups is 2. The summed E-state index contributed by atoms with van der Waals surface area (Å²) in [4.78, 5) is 22.7. The van der Waals surface area contributed by atoms with Crippen molar-refractivity contribution in [3.8, 4) is 11.8 Å². The lowest BCUT2D eigenvalue weighted by Gasteiger charge is -2.07. The summed E-state index contributed by atoms with van der Waals surface area (Å²) >= 11 is 11.9. The molecule has 0 spiro atoms. The quantitative estimate of drug-likeness (QED) is 0.573. The highest BCUT2D eigenvalue weighted by molar-refractivity contribution is 6.36. The van der Waals surface area contributed by atoms with Gasteiger partial charge in [-0.1, -0.05) is 35.3 Å². The Balaban J connectivity index is 2.14. The van der Waals surface area contributed by atoms with E-state index in [1.165, 1.54) is 30.3 Å². The van der Waals surface area contributed by atoms with Gasteiger partial charge in [-0.2, -0.15) is 5.26 Å². The second-order valence-corrected chi connectivity index (χ2v) is 5.84.